The minimum absolute atomic E-state index is 0.0319. The molecule has 0 saturated carbocycles. The van der Waals surface area contributed by atoms with Gasteiger partial charge in [0.1, 0.15) is 19.0 Å². The van der Waals surface area contributed by atoms with Gasteiger partial charge in [-0.2, -0.15) is 8.78 Å². The van der Waals surface area contributed by atoms with Crippen LogP contribution in [0, 0.1) is 29.2 Å². The Hall–Kier alpha value is -2.20. The average Bonchev–Trinajstić information content (AvgIpc) is 2.95. The standard InChI is InChI=1S/C18H22F4N2O4/c19-11-7-12(20)16(22)17(15(11)21)28-9-14(26)13(4-6-25)24-18(27)10-3-1-2-5-23-8-10/h6-7,10,13-14,23,26H,1-5,8-9H2,(H,24,27)/t10?,13-,14?/m0/s1. The Morgan fingerprint density at radius 2 is 1.96 bits per heavy atom. The summed E-state index contributed by atoms with van der Waals surface area (Å²) in [6, 6.07) is -1.05. The quantitative estimate of drug-likeness (QED) is 0.346. The summed E-state index contributed by atoms with van der Waals surface area (Å²) in [4.78, 5) is 23.2. The lowest BCUT2D eigenvalue weighted by Gasteiger charge is -2.25. The Balaban J connectivity index is 2.02. The molecule has 0 aromatic heterocycles. The molecule has 0 spiro atoms. The lowest BCUT2D eigenvalue weighted by atomic mass is 10.0. The van der Waals surface area contributed by atoms with Crippen LogP contribution in [0.25, 0.3) is 0 Å². The molecule has 1 amide bonds. The predicted molar refractivity (Wildman–Crippen MR) is 90.6 cm³/mol. The van der Waals surface area contributed by atoms with Gasteiger partial charge in [0.25, 0.3) is 0 Å². The van der Waals surface area contributed by atoms with E-state index in [1.54, 1.807) is 0 Å². The molecule has 3 N–H and O–H groups in total. The second-order valence-corrected chi connectivity index (χ2v) is 6.59. The maximum Gasteiger partial charge on any atom is 0.224 e. The minimum atomic E-state index is -1.74. The number of hydrogen-bond acceptors (Lipinski definition) is 5. The molecule has 2 unspecified atom stereocenters. The number of aliphatic hydroxyl groups is 1. The van der Waals surface area contributed by atoms with Crippen molar-refractivity contribution in [3.05, 3.63) is 29.3 Å². The third-order valence-electron chi connectivity index (χ3n) is 4.53. The number of carbonyl (C=O) groups is 2. The van der Waals surface area contributed by atoms with Crippen molar-refractivity contribution < 1.29 is 37.0 Å². The number of nitrogens with one attached hydrogen (secondary N) is 2. The molecule has 1 aromatic rings. The number of hydrogen-bond donors (Lipinski definition) is 3. The van der Waals surface area contributed by atoms with Crippen LogP contribution >= 0.6 is 0 Å². The third kappa shape index (κ3) is 5.65. The van der Waals surface area contributed by atoms with Crippen molar-refractivity contribution >= 4 is 12.2 Å². The Labute approximate surface area is 159 Å². The molecule has 10 heteroatoms. The van der Waals surface area contributed by atoms with Crippen LogP contribution < -0.4 is 15.4 Å². The van der Waals surface area contributed by atoms with E-state index >= 15 is 0 Å². The van der Waals surface area contributed by atoms with E-state index < -0.39 is 47.8 Å². The van der Waals surface area contributed by atoms with Gasteiger partial charge in [-0.15, -0.1) is 0 Å². The Morgan fingerprint density at radius 1 is 1.29 bits per heavy atom. The number of aliphatic hydroxyl groups excluding tert-OH is 1. The lowest BCUT2D eigenvalue weighted by Crippen LogP contribution is -2.49. The van der Waals surface area contributed by atoms with Gasteiger partial charge in [0.05, 0.1) is 12.0 Å². The summed E-state index contributed by atoms with van der Waals surface area (Å²) in [6.07, 6.45) is 1.05. The first-order valence-corrected chi connectivity index (χ1v) is 8.93. The fourth-order valence-electron chi connectivity index (χ4n) is 2.92. The van der Waals surface area contributed by atoms with Crippen LogP contribution in [0.15, 0.2) is 6.07 Å². The Morgan fingerprint density at radius 3 is 2.61 bits per heavy atom. The van der Waals surface area contributed by atoms with Crippen molar-refractivity contribution in [3.8, 4) is 5.75 Å². The molecule has 0 bridgehead atoms. The van der Waals surface area contributed by atoms with Crippen LogP contribution in [-0.4, -0.2) is 49.1 Å². The van der Waals surface area contributed by atoms with Crippen LogP contribution in [0.1, 0.15) is 25.7 Å². The van der Waals surface area contributed by atoms with Gasteiger partial charge in [0.15, 0.2) is 17.4 Å². The second-order valence-electron chi connectivity index (χ2n) is 6.59. The summed E-state index contributed by atoms with van der Waals surface area (Å²) >= 11 is 0. The molecule has 0 radical (unpaired) electrons. The van der Waals surface area contributed by atoms with E-state index in [0.717, 1.165) is 19.4 Å². The van der Waals surface area contributed by atoms with Crippen LogP contribution in [0.4, 0.5) is 17.6 Å². The molecule has 1 saturated heterocycles. The van der Waals surface area contributed by atoms with Crippen molar-refractivity contribution in [2.24, 2.45) is 5.92 Å². The first-order chi connectivity index (χ1) is 13.3. The summed E-state index contributed by atoms with van der Waals surface area (Å²) in [5.74, 6) is -8.84. The molecule has 1 aromatic carbocycles. The summed E-state index contributed by atoms with van der Waals surface area (Å²) in [6.45, 7) is 0.447. The van der Waals surface area contributed by atoms with E-state index in [4.69, 9.17) is 4.74 Å². The SMILES string of the molecule is O=CC[C@H](NC(=O)C1CCCCNC1)C(O)COc1c(F)c(F)cc(F)c1F. The fourth-order valence-corrected chi connectivity index (χ4v) is 2.92. The topological polar surface area (TPSA) is 87.7 Å². The number of ether oxygens (including phenoxy) is 1. The van der Waals surface area contributed by atoms with Gasteiger partial charge in [0.2, 0.25) is 17.5 Å². The maximum absolute atomic E-state index is 13.6. The molecule has 0 aliphatic carbocycles. The highest BCUT2D eigenvalue weighted by atomic mass is 19.2. The molecular weight excluding hydrogens is 384 g/mol. The van der Waals surface area contributed by atoms with E-state index in [1.165, 1.54) is 0 Å². The number of rotatable bonds is 8. The van der Waals surface area contributed by atoms with Gasteiger partial charge in [0, 0.05) is 19.0 Å². The lowest BCUT2D eigenvalue weighted by molar-refractivity contribution is -0.127. The van der Waals surface area contributed by atoms with E-state index in [-0.39, 0.29) is 24.3 Å². The van der Waals surface area contributed by atoms with Crippen LogP contribution in [-0.2, 0) is 9.59 Å². The van der Waals surface area contributed by atoms with Crippen LogP contribution in [0.3, 0.4) is 0 Å². The predicted octanol–water partition coefficient (Wildman–Crippen LogP) is 1.45. The summed E-state index contributed by atoms with van der Waals surface area (Å²) in [7, 11) is 0. The van der Waals surface area contributed by atoms with Gasteiger partial charge < -0.3 is 25.3 Å². The second kappa shape index (κ2) is 10.4. The van der Waals surface area contributed by atoms with Gasteiger partial charge in [-0.1, -0.05) is 6.42 Å². The van der Waals surface area contributed by atoms with Crippen LogP contribution in [0.2, 0.25) is 0 Å². The van der Waals surface area contributed by atoms with Gasteiger partial charge in [-0.25, -0.2) is 8.78 Å². The van der Waals surface area contributed by atoms with E-state index in [0.29, 0.717) is 19.3 Å². The van der Waals surface area contributed by atoms with E-state index in [1.807, 2.05) is 0 Å². The molecule has 6 nitrogen and oxygen atoms in total. The number of aldehydes is 1. The number of benzene rings is 1. The molecule has 156 valence electrons. The maximum atomic E-state index is 13.6. The van der Waals surface area contributed by atoms with Crippen molar-refractivity contribution in [3.63, 3.8) is 0 Å². The van der Waals surface area contributed by atoms with Crippen LogP contribution in [0.5, 0.6) is 5.75 Å². The first kappa shape index (κ1) is 22.1. The zero-order chi connectivity index (χ0) is 20.7. The minimum Gasteiger partial charge on any atom is -0.485 e. The Kier molecular flexibility index (Phi) is 8.18. The van der Waals surface area contributed by atoms with Crippen molar-refractivity contribution in [2.75, 3.05) is 19.7 Å². The number of halogens is 4. The molecule has 1 aliphatic heterocycles. The van der Waals surface area contributed by atoms with Gasteiger partial charge in [-0.3, -0.25) is 4.79 Å². The van der Waals surface area contributed by atoms with Gasteiger partial charge >= 0.3 is 0 Å². The summed E-state index contributed by atoms with van der Waals surface area (Å²) in [5, 5.41) is 15.8. The highest BCUT2D eigenvalue weighted by Crippen LogP contribution is 2.26. The molecule has 1 fully saturated rings. The van der Waals surface area contributed by atoms with E-state index in [2.05, 4.69) is 10.6 Å². The molecule has 3 atom stereocenters. The zero-order valence-corrected chi connectivity index (χ0v) is 15.0. The van der Waals surface area contributed by atoms with E-state index in [9.17, 15) is 32.3 Å². The normalized spacial score (nSPS) is 19.4. The molecule has 2 rings (SSSR count). The van der Waals surface area contributed by atoms with Gasteiger partial charge in [-0.05, 0) is 19.4 Å². The van der Waals surface area contributed by atoms with Crippen molar-refractivity contribution in [1.82, 2.24) is 10.6 Å². The Bertz CT molecular complexity index is 670. The number of amides is 1. The zero-order valence-electron chi connectivity index (χ0n) is 15.0. The largest absolute Gasteiger partial charge is 0.485 e. The van der Waals surface area contributed by atoms with Crippen molar-refractivity contribution in [2.45, 2.75) is 37.8 Å². The smallest absolute Gasteiger partial charge is 0.224 e. The summed E-state index contributed by atoms with van der Waals surface area (Å²) < 4.78 is 58.3. The summed E-state index contributed by atoms with van der Waals surface area (Å²) in [5.41, 5.74) is 0. The average molecular weight is 406 g/mol. The molecular formula is C18H22F4N2O4. The highest BCUT2D eigenvalue weighted by Gasteiger charge is 2.28. The molecule has 1 aliphatic rings. The number of carbonyl (C=O) groups excluding carboxylic acids is 2. The monoisotopic (exact) mass is 406 g/mol. The molecule has 1 heterocycles. The third-order valence-corrected chi connectivity index (χ3v) is 4.53. The highest BCUT2D eigenvalue weighted by molar-refractivity contribution is 5.79. The molecule has 28 heavy (non-hydrogen) atoms. The fraction of sp³-hybridized carbons (Fsp3) is 0.556. The first-order valence-electron chi connectivity index (χ1n) is 8.93. The van der Waals surface area contributed by atoms with Crippen molar-refractivity contribution in [1.29, 1.82) is 0 Å².